The van der Waals surface area contributed by atoms with Crippen molar-refractivity contribution in [3.63, 3.8) is 0 Å². The van der Waals surface area contributed by atoms with Crippen LogP contribution in [0.5, 0.6) is 0 Å². The topological polar surface area (TPSA) is 59.4 Å². The van der Waals surface area contributed by atoms with Crippen LogP contribution in [0.3, 0.4) is 0 Å². The first-order valence-electron chi connectivity index (χ1n) is 6.72. The van der Waals surface area contributed by atoms with E-state index in [-0.39, 0.29) is 0 Å². The van der Waals surface area contributed by atoms with Crippen LogP contribution in [0, 0.1) is 0 Å². The quantitative estimate of drug-likeness (QED) is 0.844. The highest BCUT2D eigenvalue weighted by atomic mass is 31.2. The van der Waals surface area contributed by atoms with Crippen molar-refractivity contribution in [2.24, 2.45) is 4.74 Å². The number of nitrogens with zero attached hydrogens (tertiary/aromatic N) is 4. The van der Waals surface area contributed by atoms with Gasteiger partial charge in [0.2, 0.25) is 0 Å². The number of benzene rings is 1. The van der Waals surface area contributed by atoms with E-state index < -0.39 is 13.0 Å². The van der Waals surface area contributed by atoms with Crippen LogP contribution in [0.1, 0.15) is 10.4 Å². The smallest absolute Gasteiger partial charge is 0.335 e. The van der Waals surface area contributed by atoms with Gasteiger partial charge in [0.15, 0.2) is 0 Å². The molecular formula is C13H17N4O2P. The molecule has 4 fully saturated rings. The third kappa shape index (κ3) is 2.09. The van der Waals surface area contributed by atoms with Gasteiger partial charge < -0.3 is 5.11 Å². The average molecular weight is 292 g/mol. The van der Waals surface area contributed by atoms with Crippen LogP contribution in [0.4, 0.5) is 5.69 Å². The molecule has 0 amide bonds. The van der Waals surface area contributed by atoms with Crippen molar-refractivity contribution in [2.75, 3.05) is 38.9 Å². The normalized spacial score (nSPS) is 37.9. The first-order valence-corrected chi connectivity index (χ1v) is 9.01. The minimum absolute atomic E-state index is 0.320. The fourth-order valence-corrected chi connectivity index (χ4v) is 7.39. The number of rotatable bonds is 2. The largest absolute Gasteiger partial charge is 0.478 e. The summed E-state index contributed by atoms with van der Waals surface area (Å²) in [7, 11) is -1.41. The molecule has 4 aliphatic heterocycles. The van der Waals surface area contributed by atoms with E-state index >= 15 is 0 Å². The molecule has 0 saturated carbocycles. The summed E-state index contributed by atoms with van der Waals surface area (Å²) in [6.45, 7) is 3.18. The summed E-state index contributed by atoms with van der Waals surface area (Å²) < 4.78 is 5.02. The minimum atomic E-state index is -1.41. The number of carboxylic acids is 1. The Hall–Kier alpha value is -1.20. The van der Waals surface area contributed by atoms with Crippen molar-refractivity contribution in [1.82, 2.24) is 14.7 Å². The number of hydrogen-bond acceptors (Lipinski definition) is 5. The Bertz CT molecular complexity index is 589. The van der Waals surface area contributed by atoms with Gasteiger partial charge in [-0.05, 0) is 18.2 Å². The molecule has 1 aromatic carbocycles. The molecule has 0 spiro atoms. The predicted molar refractivity (Wildman–Crippen MR) is 77.1 cm³/mol. The molecule has 20 heavy (non-hydrogen) atoms. The Morgan fingerprint density at radius 1 is 1.10 bits per heavy atom. The number of carbonyl (C=O) groups is 1. The lowest BCUT2D eigenvalue weighted by Crippen LogP contribution is -2.63. The molecule has 5 rings (SSSR count). The van der Waals surface area contributed by atoms with Gasteiger partial charge >= 0.3 is 5.97 Å². The molecule has 1 N–H and O–H groups in total. The fraction of sp³-hybridized carbons (Fsp3) is 0.462. The SMILES string of the molecule is O=C(O)c1cccc(N=P23CN4CN(CN(C4)C2)C3)c1. The number of carboxylic acid groups (broad SMARTS) is 1. The molecule has 7 heteroatoms. The highest BCUT2D eigenvalue weighted by Gasteiger charge is 2.43. The van der Waals surface area contributed by atoms with Crippen molar-refractivity contribution in [1.29, 1.82) is 0 Å². The van der Waals surface area contributed by atoms with Crippen molar-refractivity contribution >= 4 is 18.7 Å². The van der Waals surface area contributed by atoms with Crippen molar-refractivity contribution in [3.05, 3.63) is 29.8 Å². The zero-order chi connectivity index (χ0) is 13.7. The molecule has 4 aliphatic rings. The monoisotopic (exact) mass is 292 g/mol. The zero-order valence-electron chi connectivity index (χ0n) is 11.1. The molecular weight excluding hydrogens is 275 g/mol. The molecule has 4 heterocycles. The van der Waals surface area contributed by atoms with Crippen LogP contribution >= 0.6 is 7.05 Å². The third-order valence-corrected chi connectivity index (χ3v) is 7.45. The Balaban J connectivity index is 1.73. The van der Waals surface area contributed by atoms with Crippen LogP contribution in [0.25, 0.3) is 0 Å². The van der Waals surface area contributed by atoms with Crippen molar-refractivity contribution in [3.8, 4) is 0 Å². The maximum Gasteiger partial charge on any atom is 0.335 e. The summed E-state index contributed by atoms with van der Waals surface area (Å²) in [6, 6.07) is 7.02. The Morgan fingerprint density at radius 2 is 1.70 bits per heavy atom. The summed E-state index contributed by atoms with van der Waals surface area (Å²) in [5, 5.41) is 9.08. The molecule has 4 saturated heterocycles. The summed E-state index contributed by atoms with van der Waals surface area (Å²) in [5.41, 5.74) is 1.14. The molecule has 0 radical (unpaired) electrons. The van der Waals surface area contributed by atoms with E-state index in [1.165, 1.54) is 0 Å². The van der Waals surface area contributed by atoms with E-state index in [1.54, 1.807) is 18.2 Å². The van der Waals surface area contributed by atoms with Crippen LogP contribution < -0.4 is 0 Å². The van der Waals surface area contributed by atoms with Gasteiger partial charge in [0.1, 0.15) is 0 Å². The van der Waals surface area contributed by atoms with Gasteiger partial charge in [-0.1, -0.05) is 6.07 Å². The Labute approximate surface area is 117 Å². The first-order chi connectivity index (χ1) is 9.62. The first kappa shape index (κ1) is 12.5. The Kier molecular flexibility index (Phi) is 2.76. The van der Waals surface area contributed by atoms with Gasteiger partial charge in [0.25, 0.3) is 0 Å². The second kappa shape index (κ2) is 4.40. The summed E-state index contributed by atoms with van der Waals surface area (Å²) >= 11 is 0. The molecule has 4 bridgehead atoms. The van der Waals surface area contributed by atoms with E-state index in [0.717, 1.165) is 44.6 Å². The summed E-state index contributed by atoms with van der Waals surface area (Å²) in [4.78, 5) is 18.4. The predicted octanol–water partition coefficient (Wildman–Crippen LogP) is 1.91. The molecule has 0 atom stereocenters. The van der Waals surface area contributed by atoms with Gasteiger partial charge in [-0.15, -0.1) is 0 Å². The van der Waals surface area contributed by atoms with E-state index in [0.29, 0.717) is 5.56 Å². The maximum atomic E-state index is 11.1. The van der Waals surface area contributed by atoms with Crippen molar-refractivity contribution in [2.45, 2.75) is 0 Å². The second-order valence-electron chi connectivity index (χ2n) is 5.91. The second-order valence-corrected chi connectivity index (χ2v) is 9.15. The van der Waals surface area contributed by atoms with Gasteiger partial charge in [0.05, 0.1) is 31.3 Å². The number of hydrogen-bond donors (Lipinski definition) is 1. The molecule has 0 unspecified atom stereocenters. The highest BCUT2D eigenvalue weighted by Crippen LogP contribution is 2.59. The standard InChI is InChI=1S/C13H17N4O2P/c18-13(19)11-2-1-3-12(4-11)14-20-8-15-5-16(9-20)7-17(6-15)10-20/h1-4H,5-10H2,(H,18,19). The van der Waals surface area contributed by atoms with Crippen LogP contribution in [0.15, 0.2) is 29.0 Å². The van der Waals surface area contributed by atoms with Crippen LogP contribution in [0.2, 0.25) is 0 Å². The molecule has 6 nitrogen and oxygen atoms in total. The summed E-state index contributed by atoms with van der Waals surface area (Å²) in [5.74, 6) is -0.887. The average Bonchev–Trinajstić information content (AvgIpc) is 2.36. The van der Waals surface area contributed by atoms with Crippen LogP contribution in [-0.2, 0) is 0 Å². The van der Waals surface area contributed by atoms with Crippen molar-refractivity contribution < 1.29 is 9.90 Å². The number of aromatic carboxylic acids is 1. The third-order valence-electron chi connectivity index (χ3n) is 4.01. The minimum Gasteiger partial charge on any atom is -0.478 e. The zero-order valence-corrected chi connectivity index (χ0v) is 12.0. The van der Waals surface area contributed by atoms with Crippen LogP contribution in [-0.4, -0.2) is 64.6 Å². The highest BCUT2D eigenvalue weighted by molar-refractivity contribution is 7.66. The van der Waals surface area contributed by atoms with E-state index in [1.807, 2.05) is 6.07 Å². The van der Waals surface area contributed by atoms with Gasteiger partial charge in [0, 0.05) is 25.9 Å². The molecule has 0 aromatic heterocycles. The summed E-state index contributed by atoms with van der Waals surface area (Å²) in [6.07, 6.45) is 3.24. The molecule has 1 aromatic rings. The lowest BCUT2D eigenvalue weighted by atomic mass is 10.2. The maximum absolute atomic E-state index is 11.1. The molecule has 106 valence electrons. The lowest BCUT2D eigenvalue weighted by Gasteiger charge is -2.56. The Morgan fingerprint density at radius 3 is 2.25 bits per heavy atom. The van der Waals surface area contributed by atoms with Gasteiger partial charge in [-0.25, -0.2) is 4.79 Å². The van der Waals surface area contributed by atoms with Gasteiger partial charge in [-0.3, -0.25) is 19.4 Å². The van der Waals surface area contributed by atoms with E-state index in [2.05, 4.69) is 14.7 Å². The molecule has 0 aliphatic carbocycles. The van der Waals surface area contributed by atoms with Gasteiger partial charge in [-0.2, -0.15) is 0 Å². The van der Waals surface area contributed by atoms with E-state index in [4.69, 9.17) is 9.85 Å². The fourth-order valence-electron chi connectivity index (χ4n) is 3.54. The van der Waals surface area contributed by atoms with E-state index in [9.17, 15) is 4.79 Å². The lowest BCUT2D eigenvalue weighted by molar-refractivity contribution is -0.0265.